The highest BCUT2D eigenvalue weighted by molar-refractivity contribution is 8.40. The smallest absolute Gasteiger partial charge is 0.416 e. The fourth-order valence-corrected chi connectivity index (χ4v) is 4.62. The van der Waals surface area contributed by atoms with Crippen molar-refractivity contribution in [1.82, 2.24) is 9.78 Å². The second-order valence-corrected chi connectivity index (χ2v) is 8.72. The highest BCUT2D eigenvalue weighted by Crippen LogP contribution is 2.35. The topological polar surface area (TPSA) is 56.5 Å². The number of methoxy groups -OCH3 is 1. The molecule has 0 aliphatic carbocycles. The lowest BCUT2D eigenvalue weighted by atomic mass is 10.1. The number of aliphatic imine (C=N–C) groups is 1. The minimum Gasteiger partial charge on any atom is -0.497 e. The van der Waals surface area contributed by atoms with Crippen LogP contribution in [0.25, 0.3) is 17.0 Å². The normalized spacial score (nSPS) is 15.7. The first-order valence-corrected chi connectivity index (χ1v) is 11.1. The fraction of sp³-hybridized carbons (Fsp3) is 0.190. The molecule has 160 valence electrons. The summed E-state index contributed by atoms with van der Waals surface area (Å²) in [6.45, 7) is -0.0396. The second kappa shape index (κ2) is 8.43. The van der Waals surface area contributed by atoms with E-state index in [0.717, 1.165) is 17.0 Å². The molecule has 0 saturated carbocycles. The van der Waals surface area contributed by atoms with E-state index in [1.807, 2.05) is 12.3 Å². The van der Waals surface area contributed by atoms with Gasteiger partial charge < -0.3 is 4.74 Å². The summed E-state index contributed by atoms with van der Waals surface area (Å²) >= 11 is 2.73. The molecule has 0 radical (unpaired) electrons. The zero-order chi connectivity index (χ0) is 22.2. The van der Waals surface area contributed by atoms with E-state index >= 15 is 0 Å². The van der Waals surface area contributed by atoms with Gasteiger partial charge in [0.05, 0.1) is 35.8 Å². The Kier molecular flexibility index (Phi) is 5.85. The Morgan fingerprint density at radius 2 is 2.03 bits per heavy atom. The van der Waals surface area contributed by atoms with Gasteiger partial charge in [-0.1, -0.05) is 23.9 Å². The molecule has 0 unspecified atom stereocenters. The first-order valence-electron chi connectivity index (χ1n) is 9.04. The summed E-state index contributed by atoms with van der Waals surface area (Å²) in [5.41, 5.74) is 0.829. The second-order valence-electron chi connectivity index (χ2n) is 6.64. The van der Waals surface area contributed by atoms with Gasteiger partial charge in [-0.2, -0.15) is 23.3 Å². The molecule has 0 saturated heterocycles. The lowest BCUT2D eigenvalue weighted by Gasteiger charge is -2.14. The third-order valence-electron chi connectivity index (χ3n) is 4.68. The van der Waals surface area contributed by atoms with Gasteiger partial charge in [-0.15, -0.1) is 11.8 Å². The maximum atomic E-state index is 13.5. The number of hydrogen-bond acceptors (Lipinski definition) is 5. The molecule has 1 aromatic heterocycles. The van der Waals surface area contributed by atoms with Gasteiger partial charge in [0.25, 0.3) is 5.91 Å². The Hall–Kier alpha value is -2.72. The number of aromatic nitrogens is 2. The summed E-state index contributed by atoms with van der Waals surface area (Å²) in [4.78, 5) is 16.5. The van der Waals surface area contributed by atoms with E-state index < -0.39 is 11.7 Å². The molecular weight excluding hydrogens is 447 g/mol. The minimum absolute atomic E-state index is 0.0396. The van der Waals surface area contributed by atoms with Crippen LogP contribution in [-0.4, -0.2) is 33.4 Å². The van der Waals surface area contributed by atoms with E-state index in [0.29, 0.717) is 14.8 Å². The van der Waals surface area contributed by atoms with Crippen molar-refractivity contribution >= 4 is 50.8 Å². The average Bonchev–Trinajstić information content (AvgIpc) is 3.30. The van der Waals surface area contributed by atoms with Gasteiger partial charge >= 0.3 is 6.18 Å². The molecule has 31 heavy (non-hydrogen) atoms. The zero-order valence-electron chi connectivity index (χ0n) is 16.4. The van der Waals surface area contributed by atoms with E-state index in [-0.39, 0.29) is 23.8 Å². The van der Waals surface area contributed by atoms with E-state index in [1.165, 1.54) is 47.4 Å². The summed E-state index contributed by atoms with van der Waals surface area (Å²) in [6, 6.07) is 9.33. The number of hydrogen-bond donors (Lipinski definition) is 0. The number of benzene rings is 2. The number of carbonyl (C=O) groups excluding carboxylic acids is 1. The highest BCUT2D eigenvalue weighted by atomic mass is 32.2. The SMILES string of the molecule is COc1ccc(Cn2ncc3cc(C=C4SC(SC)=NC4=O)ccc32)c(C(F)(F)F)c1. The van der Waals surface area contributed by atoms with Crippen LogP contribution in [0.3, 0.4) is 0 Å². The summed E-state index contributed by atoms with van der Waals surface area (Å²) in [7, 11) is 1.33. The highest BCUT2D eigenvalue weighted by Gasteiger charge is 2.34. The Morgan fingerprint density at radius 3 is 2.71 bits per heavy atom. The van der Waals surface area contributed by atoms with E-state index in [1.54, 1.807) is 24.4 Å². The van der Waals surface area contributed by atoms with Crippen molar-refractivity contribution in [2.75, 3.05) is 13.4 Å². The van der Waals surface area contributed by atoms with Gasteiger partial charge in [0, 0.05) is 5.39 Å². The van der Waals surface area contributed by atoms with Crippen LogP contribution in [0, 0.1) is 0 Å². The van der Waals surface area contributed by atoms with E-state index in [2.05, 4.69) is 10.1 Å². The van der Waals surface area contributed by atoms with Crippen molar-refractivity contribution in [3.8, 4) is 5.75 Å². The number of fused-ring (bicyclic) bond motifs is 1. The number of rotatable bonds is 4. The van der Waals surface area contributed by atoms with Crippen LogP contribution < -0.4 is 4.74 Å². The van der Waals surface area contributed by atoms with Gasteiger partial charge in [0.1, 0.15) is 10.1 Å². The molecule has 0 spiro atoms. The van der Waals surface area contributed by atoms with Crippen LogP contribution in [-0.2, 0) is 17.5 Å². The van der Waals surface area contributed by atoms with Crippen LogP contribution in [0.1, 0.15) is 16.7 Å². The maximum absolute atomic E-state index is 13.5. The summed E-state index contributed by atoms with van der Waals surface area (Å²) in [5.74, 6) is -0.128. The molecule has 1 aliphatic rings. The fourth-order valence-electron chi connectivity index (χ4n) is 3.20. The molecule has 0 N–H and O–H groups in total. The molecular formula is C21H16F3N3O2S2. The monoisotopic (exact) mass is 463 g/mol. The third-order valence-corrected chi connectivity index (χ3v) is 6.65. The molecule has 10 heteroatoms. The van der Waals surface area contributed by atoms with Crippen molar-refractivity contribution in [2.24, 2.45) is 4.99 Å². The maximum Gasteiger partial charge on any atom is 0.416 e. The molecule has 4 rings (SSSR count). The molecule has 0 bridgehead atoms. The van der Waals surface area contributed by atoms with Crippen LogP contribution in [0.15, 0.2) is 52.5 Å². The van der Waals surface area contributed by atoms with Gasteiger partial charge in [-0.3, -0.25) is 9.48 Å². The number of alkyl halides is 3. The van der Waals surface area contributed by atoms with Gasteiger partial charge in [0.15, 0.2) is 0 Å². The Bertz CT molecular complexity index is 1230. The molecule has 2 aromatic carbocycles. The predicted octanol–water partition coefficient (Wildman–Crippen LogP) is 5.45. The lowest BCUT2D eigenvalue weighted by molar-refractivity contribution is -0.138. The molecule has 5 nitrogen and oxygen atoms in total. The molecule has 0 atom stereocenters. The molecule has 0 fully saturated rings. The first kappa shape index (κ1) is 21.5. The summed E-state index contributed by atoms with van der Waals surface area (Å²) in [5, 5.41) is 5.03. The largest absolute Gasteiger partial charge is 0.497 e. The van der Waals surface area contributed by atoms with Crippen LogP contribution >= 0.6 is 23.5 Å². The van der Waals surface area contributed by atoms with Crippen LogP contribution in [0.4, 0.5) is 13.2 Å². The summed E-state index contributed by atoms with van der Waals surface area (Å²) in [6.07, 6.45) is 0.703. The molecule has 1 amide bonds. The zero-order valence-corrected chi connectivity index (χ0v) is 18.1. The van der Waals surface area contributed by atoms with Gasteiger partial charge in [-0.05, 0) is 47.7 Å². The number of carbonyl (C=O) groups is 1. The number of thioether (sulfide) groups is 2. The van der Waals surface area contributed by atoms with E-state index in [9.17, 15) is 18.0 Å². The Labute approximate surface area is 184 Å². The average molecular weight is 464 g/mol. The van der Waals surface area contributed by atoms with Gasteiger partial charge in [-0.25, -0.2) is 0 Å². The van der Waals surface area contributed by atoms with Crippen LogP contribution in [0.2, 0.25) is 0 Å². The quantitative estimate of drug-likeness (QED) is 0.482. The number of amides is 1. The minimum atomic E-state index is -4.50. The van der Waals surface area contributed by atoms with Crippen LogP contribution in [0.5, 0.6) is 5.75 Å². The third kappa shape index (κ3) is 4.49. The van der Waals surface area contributed by atoms with Crippen molar-refractivity contribution in [2.45, 2.75) is 12.7 Å². The first-order chi connectivity index (χ1) is 14.8. The van der Waals surface area contributed by atoms with E-state index in [4.69, 9.17) is 4.74 Å². The van der Waals surface area contributed by atoms with Crippen molar-refractivity contribution < 1.29 is 22.7 Å². The predicted molar refractivity (Wildman–Crippen MR) is 118 cm³/mol. The molecule has 2 heterocycles. The van der Waals surface area contributed by atoms with Crippen molar-refractivity contribution in [3.63, 3.8) is 0 Å². The van der Waals surface area contributed by atoms with Gasteiger partial charge in [0.2, 0.25) is 0 Å². The van der Waals surface area contributed by atoms with Crippen molar-refractivity contribution in [3.05, 3.63) is 64.2 Å². The number of halogens is 3. The summed E-state index contributed by atoms with van der Waals surface area (Å²) < 4.78 is 47.7. The van der Waals surface area contributed by atoms with Crippen molar-refractivity contribution in [1.29, 1.82) is 0 Å². The Morgan fingerprint density at radius 1 is 1.23 bits per heavy atom. The number of nitrogens with zero attached hydrogens (tertiary/aromatic N) is 3. The number of ether oxygens (including phenoxy) is 1. The molecule has 1 aliphatic heterocycles. The lowest BCUT2D eigenvalue weighted by Crippen LogP contribution is -2.12. The Balaban J connectivity index is 1.64. The molecule has 3 aromatic rings. The standard InChI is InChI=1S/C21H16F3N3O2S2/c1-29-15-5-4-13(16(9-15)21(22,23)24)11-27-17-6-3-12(7-14(17)10-25-27)8-18-19(28)26-20(30-2)31-18/h3-10H,11H2,1-2H3.